The normalized spacial score (nSPS) is 11.2. The first kappa shape index (κ1) is 18.3. The fraction of sp³-hybridized carbons (Fsp3) is 0.857. The summed E-state index contributed by atoms with van der Waals surface area (Å²) in [4.78, 5) is 22.7. The SMILES string of the molecule is CCCC(=O)NCCNC(=O)CCSCC(C)(C)C. The third kappa shape index (κ3) is 13.5. The summed E-state index contributed by atoms with van der Waals surface area (Å²) in [5.41, 5.74) is 0.310. The molecule has 0 rings (SSSR count). The van der Waals surface area contributed by atoms with Crippen molar-refractivity contribution in [1.82, 2.24) is 10.6 Å². The van der Waals surface area contributed by atoms with Crippen LogP contribution in [0.4, 0.5) is 0 Å². The van der Waals surface area contributed by atoms with Crippen LogP contribution in [0.3, 0.4) is 0 Å². The Kier molecular flexibility index (Phi) is 9.74. The minimum absolute atomic E-state index is 0.0532. The summed E-state index contributed by atoms with van der Waals surface area (Å²) in [5.74, 6) is 2.03. The minimum Gasteiger partial charge on any atom is -0.354 e. The van der Waals surface area contributed by atoms with E-state index in [4.69, 9.17) is 0 Å². The molecule has 0 unspecified atom stereocenters. The summed E-state index contributed by atoms with van der Waals surface area (Å²) in [5, 5.41) is 5.58. The van der Waals surface area contributed by atoms with Crippen LogP contribution in [0.5, 0.6) is 0 Å². The quantitative estimate of drug-likeness (QED) is 0.639. The van der Waals surface area contributed by atoms with Crippen LogP contribution in [0.1, 0.15) is 47.0 Å². The van der Waals surface area contributed by atoms with Crippen LogP contribution < -0.4 is 10.6 Å². The summed E-state index contributed by atoms with van der Waals surface area (Å²) in [7, 11) is 0. The molecule has 0 atom stereocenters. The number of amides is 2. The highest BCUT2D eigenvalue weighted by molar-refractivity contribution is 7.99. The molecule has 0 saturated carbocycles. The van der Waals surface area contributed by atoms with Crippen molar-refractivity contribution in [2.45, 2.75) is 47.0 Å². The standard InChI is InChI=1S/C14H28N2O2S/c1-5-6-12(17)15-8-9-16-13(18)7-10-19-11-14(2,3)4/h5-11H2,1-4H3,(H,15,17)(H,16,18). The van der Waals surface area contributed by atoms with Gasteiger partial charge in [-0.25, -0.2) is 0 Å². The molecule has 0 aromatic rings. The zero-order valence-corrected chi connectivity index (χ0v) is 13.5. The number of carbonyl (C=O) groups excluding carboxylic acids is 2. The summed E-state index contributed by atoms with van der Waals surface area (Å²) < 4.78 is 0. The maximum atomic E-state index is 11.5. The molecule has 0 saturated heterocycles. The highest BCUT2D eigenvalue weighted by Gasteiger charge is 2.10. The fourth-order valence-electron chi connectivity index (χ4n) is 1.35. The second kappa shape index (κ2) is 10.1. The van der Waals surface area contributed by atoms with Crippen LogP contribution >= 0.6 is 11.8 Å². The molecule has 0 heterocycles. The van der Waals surface area contributed by atoms with Gasteiger partial charge < -0.3 is 10.6 Å². The molecule has 5 heteroatoms. The van der Waals surface area contributed by atoms with E-state index in [0.29, 0.717) is 31.3 Å². The second-order valence-electron chi connectivity index (χ2n) is 5.81. The van der Waals surface area contributed by atoms with E-state index in [9.17, 15) is 9.59 Å². The van der Waals surface area contributed by atoms with Crippen LogP contribution in [0.2, 0.25) is 0 Å². The fourth-order valence-corrected chi connectivity index (χ4v) is 2.44. The van der Waals surface area contributed by atoms with Crippen molar-refractivity contribution in [3.05, 3.63) is 0 Å². The lowest BCUT2D eigenvalue weighted by molar-refractivity contribution is -0.122. The topological polar surface area (TPSA) is 58.2 Å². The van der Waals surface area contributed by atoms with Crippen LogP contribution in [0.15, 0.2) is 0 Å². The molecule has 0 aromatic heterocycles. The Balaban J connectivity index is 3.43. The first-order valence-corrected chi connectivity index (χ1v) is 8.12. The summed E-state index contributed by atoms with van der Waals surface area (Å²) in [6, 6.07) is 0. The average molecular weight is 288 g/mol. The van der Waals surface area contributed by atoms with E-state index >= 15 is 0 Å². The second-order valence-corrected chi connectivity index (χ2v) is 6.92. The number of hydrogen-bond donors (Lipinski definition) is 2. The van der Waals surface area contributed by atoms with Crippen molar-refractivity contribution in [2.24, 2.45) is 5.41 Å². The lowest BCUT2D eigenvalue weighted by atomic mass is 10.0. The highest BCUT2D eigenvalue weighted by Crippen LogP contribution is 2.20. The van der Waals surface area contributed by atoms with Gasteiger partial charge in [-0.05, 0) is 17.6 Å². The minimum atomic E-state index is 0.0532. The molecule has 2 amide bonds. The van der Waals surface area contributed by atoms with Crippen LogP contribution in [0.25, 0.3) is 0 Å². The van der Waals surface area contributed by atoms with Gasteiger partial charge in [-0.15, -0.1) is 0 Å². The summed E-state index contributed by atoms with van der Waals surface area (Å²) >= 11 is 1.81. The van der Waals surface area contributed by atoms with Crippen LogP contribution in [-0.2, 0) is 9.59 Å². The zero-order valence-electron chi connectivity index (χ0n) is 12.7. The molecule has 0 bridgehead atoms. The maximum absolute atomic E-state index is 11.5. The molecule has 4 nitrogen and oxygen atoms in total. The van der Waals surface area contributed by atoms with Gasteiger partial charge >= 0.3 is 0 Å². The van der Waals surface area contributed by atoms with Gasteiger partial charge in [0.05, 0.1) is 0 Å². The molecule has 0 spiro atoms. The van der Waals surface area contributed by atoms with E-state index in [1.807, 2.05) is 18.7 Å². The van der Waals surface area contributed by atoms with Crippen molar-refractivity contribution in [1.29, 1.82) is 0 Å². The number of thioether (sulfide) groups is 1. The number of rotatable bonds is 9. The predicted octanol–water partition coefficient (Wildman–Crippen LogP) is 2.19. The monoisotopic (exact) mass is 288 g/mol. The molecule has 2 N–H and O–H groups in total. The van der Waals surface area contributed by atoms with Gasteiger partial charge in [-0.3, -0.25) is 9.59 Å². The Morgan fingerprint density at radius 2 is 1.53 bits per heavy atom. The van der Waals surface area contributed by atoms with Crippen LogP contribution in [0, 0.1) is 5.41 Å². The Morgan fingerprint density at radius 1 is 1.00 bits per heavy atom. The van der Waals surface area contributed by atoms with Gasteiger partial charge in [0.2, 0.25) is 11.8 Å². The van der Waals surface area contributed by atoms with E-state index < -0.39 is 0 Å². The van der Waals surface area contributed by atoms with Crippen molar-refractivity contribution in [3.8, 4) is 0 Å². The molecule has 0 aliphatic heterocycles. The first-order chi connectivity index (χ1) is 8.85. The summed E-state index contributed by atoms with van der Waals surface area (Å²) in [6.45, 7) is 9.58. The third-order valence-electron chi connectivity index (χ3n) is 2.25. The van der Waals surface area contributed by atoms with Gasteiger partial charge in [0.15, 0.2) is 0 Å². The average Bonchev–Trinajstić information content (AvgIpc) is 2.29. The van der Waals surface area contributed by atoms with Gasteiger partial charge in [0.25, 0.3) is 0 Å². The molecular formula is C14H28N2O2S. The van der Waals surface area contributed by atoms with E-state index in [-0.39, 0.29) is 11.8 Å². The molecule has 112 valence electrons. The van der Waals surface area contributed by atoms with Crippen molar-refractivity contribution >= 4 is 23.6 Å². The Labute approximate surface area is 121 Å². The lowest BCUT2D eigenvalue weighted by Gasteiger charge is -2.16. The van der Waals surface area contributed by atoms with Gasteiger partial charge in [0.1, 0.15) is 0 Å². The highest BCUT2D eigenvalue weighted by atomic mass is 32.2. The van der Waals surface area contributed by atoms with Crippen molar-refractivity contribution < 1.29 is 9.59 Å². The molecular weight excluding hydrogens is 260 g/mol. The Bertz CT molecular complexity index is 275. The third-order valence-corrected chi connectivity index (χ3v) is 3.82. The first-order valence-electron chi connectivity index (χ1n) is 6.96. The largest absolute Gasteiger partial charge is 0.354 e. The molecule has 0 aromatic carbocycles. The van der Waals surface area contributed by atoms with Gasteiger partial charge in [-0.1, -0.05) is 27.7 Å². The number of nitrogens with one attached hydrogen (secondary N) is 2. The maximum Gasteiger partial charge on any atom is 0.220 e. The van der Waals surface area contributed by atoms with Crippen LogP contribution in [-0.4, -0.2) is 36.4 Å². The van der Waals surface area contributed by atoms with Crippen molar-refractivity contribution in [3.63, 3.8) is 0 Å². The van der Waals surface area contributed by atoms with Crippen molar-refractivity contribution in [2.75, 3.05) is 24.6 Å². The number of hydrogen-bond acceptors (Lipinski definition) is 3. The summed E-state index contributed by atoms with van der Waals surface area (Å²) in [6.07, 6.45) is 1.95. The van der Waals surface area contributed by atoms with E-state index in [2.05, 4.69) is 31.4 Å². The predicted molar refractivity (Wildman–Crippen MR) is 82.3 cm³/mol. The van der Waals surface area contributed by atoms with E-state index in [1.54, 1.807) is 0 Å². The van der Waals surface area contributed by atoms with Gasteiger partial charge in [-0.2, -0.15) is 11.8 Å². The Hall–Kier alpha value is -0.710. The van der Waals surface area contributed by atoms with E-state index in [1.165, 1.54) is 0 Å². The van der Waals surface area contributed by atoms with E-state index in [0.717, 1.165) is 17.9 Å². The number of carbonyl (C=O) groups is 2. The molecule has 0 aliphatic rings. The zero-order chi connectivity index (χ0) is 14.7. The molecule has 0 radical (unpaired) electrons. The lowest BCUT2D eigenvalue weighted by Crippen LogP contribution is -2.34. The molecule has 0 aliphatic carbocycles. The smallest absolute Gasteiger partial charge is 0.220 e. The Morgan fingerprint density at radius 3 is 2.00 bits per heavy atom. The molecule has 0 fully saturated rings. The molecule has 19 heavy (non-hydrogen) atoms. The van der Waals surface area contributed by atoms with Gasteiger partial charge in [0, 0.05) is 31.7 Å².